The van der Waals surface area contributed by atoms with E-state index in [0.717, 1.165) is 0 Å². The second-order valence-electron chi connectivity index (χ2n) is 6.25. The minimum Gasteiger partial charge on any atom is -0.370 e. The van der Waals surface area contributed by atoms with Crippen molar-refractivity contribution in [2.75, 3.05) is 6.54 Å². The molecule has 2 heteroatoms. The highest BCUT2D eigenvalue weighted by Gasteiger charge is 2.43. The molecule has 2 unspecified atom stereocenters. The molecular weight excluding hydrogens is 186 g/mol. The molecule has 1 aliphatic heterocycles. The van der Waals surface area contributed by atoms with Crippen molar-refractivity contribution in [2.45, 2.75) is 70.5 Å². The molecule has 0 aromatic heterocycles. The fourth-order valence-corrected chi connectivity index (χ4v) is 3.54. The van der Waals surface area contributed by atoms with Crippen molar-refractivity contribution in [1.29, 1.82) is 0 Å². The maximum absolute atomic E-state index is 6.27. The molecule has 88 valence electrons. The molecule has 0 bridgehead atoms. The van der Waals surface area contributed by atoms with Crippen LogP contribution in [0.3, 0.4) is 0 Å². The molecule has 0 amide bonds. The lowest BCUT2D eigenvalue weighted by Crippen LogP contribution is -2.48. The van der Waals surface area contributed by atoms with E-state index >= 15 is 0 Å². The molecule has 1 aliphatic carbocycles. The predicted octanol–water partition coefficient (Wildman–Crippen LogP) is 2.85. The summed E-state index contributed by atoms with van der Waals surface area (Å²) in [5, 5.41) is 0. The minimum absolute atomic E-state index is 0.185. The Balaban J connectivity index is 2.05. The van der Waals surface area contributed by atoms with E-state index in [2.05, 4.69) is 13.8 Å². The summed E-state index contributed by atoms with van der Waals surface area (Å²) in [4.78, 5) is 0. The Morgan fingerprint density at radius 1 is 1.20 bits per heavy atom. The zero-order valence-corrected chi connectivity index (χ0v) is 10.2. The van der Waals surface area contributed by atoms with Gasteiger partial charge in [-0.2, -0.15) is 0 Å². The molecule has 1 spiro atoms. The number of ether oxygens (including phenoxy) is 1. The molecule has 1 saturated carbocycles. The molecule has 2 atom stereocenters. The predicted molar refractivity (Wildman–Crippen MR) is 62.8 cm³/mol. The fourth-order valence-electron chi connectivity index (χ4n) is 3.54. The van der Waals surface area contributed by atoms with Crippen molar-refractivity contribution in [1.82, 2.24) is 0 Å². The van der Waals surface area contributed by atoms with Gasteiger partial charge in [0.1, 0.15) is 0 Å². The molecule has 2 aliphatic rings. The summed E-state index contributed by atoms with van der Waals surface area (Å²) >= 11 is 0. The quantitative estimate of drug-likeness (QED) is 0.724. The van der Waals surface area contributed by atoms with Crippen molar-refractivity contribution in [2.24, 2.45) is 11.1 Å². The van der Waals surface area contributed by atoms with Crippen molar-refractivity contribution in [3.63, 3.8) is 0 Å². The summed E-state index contributed by atoms with van der Waals surface area (Å²) < 4.78 is 6.27. The van der Waals surface area contributed by atoms with Gasteiger partial charge < -0.3 is 10.5 Å². The van der Waals surface area contributed by atoms with Crippen molar-refractivity contribution in [3.05, 3.63) is 0 Å². The second kappa shape index (κ2) is 4.06. The lowest BCUT2D eigenvalue weighted by Gasteiger charge is -2.49. The van der Waals surface area contributed by atoms with Crippen LogP contribution in [-0.4, -0.2) is 18.2 Å². The van der Waals surface area contributed by atoms with Crippen LogP contribution in [-0.2, 0) is 4.74 Å². The molecule has 2 N–H and O–H groups in total. The van der Waals surface area contributed by atoms with Gasteiger partial charge in [0.25, 0.3) is 0 Å². The standard InChI is InChI=1S/C13H25NO/c1-12(2)6-4-8-13(10-12)7-3-5-11(9-14)15-13/h11H,3-10,14H2,1-2H3. The van der Waals surface area contributed by atoms with Gasteiger partial charge in [-0.15, -0.1) is 0 Å². The van der Waals surface area contributed by atoms with Crippen LogP contribution in [0.5, 0.6) is 0 Å². The van der Waals surface area contributed by atoms with Gasteiger partial charge in [-0.25, -0.2) is 0 Å². The van der Waals surface area contributed by atoms with Crippen molar-refractivity contribution < 1.29 is 4.74 Å². The molecule has 0 radical (unpaired) electrons. The van der Waals surface area contributed by atoms with E-state index in [4.69, 9.17) is 10.5 Å². The average molecular weight is 211 g/mol. The normalized spacial score (nSPS) is 40.6. The van der Waals surface area contributed by atoms with Crippen LogP contribution in [0.4, 0.5) is 0 Å². The zero-order chi connectivity index (χ0) is 10.9. The van der Waals surface area contributed by atoms with Crippen molar-refractivity contribution in [3.8, 4) is 0 Å². The molecule has 2 rings (SSSR count). The van der Waals surface area contributed by atoms with Crippen LogP contribution in [0.2, 0.25) is 0 Å². The van der Waals surface area contributed by atoms with Crippen LogP contribution in [0.1, 0.15) is 58.8 Å². The van der Waals surface area contributed by atoms with Gasteiger partial charge in [0.15, 0.2) is 0 Å². The highest BCUT2D eigenvalue weighted by Crippen LogP contribution is 2.47. The Morgan fingerprint density at radius 3 is 2.60 bits per heavy atom. The second-order valence-corrected chi connectivity index (χ2v) is 6.25. The summed E-state index contributed by atoms with van der Waals surface area (Å²) in [6.45, 7) is 5.45. The van der Waals surface area contributed by atoms with Gasteiger partial charge >= 0.3 is 0 Å². The van der Waals surface area contributed by atoms with Gasteiger partial charge in [0.05, 0.1) is 11.7 Å². The Morgan fingerprint density at radius 2 is 1.93 bits per heavy atom. The topological polar surface area (TPSA) is 35.2 Å². The molecule has 2 fully saturated rings. The smallest absolute Gasteiger partial charge is 0.0704 e. The molecule has 15 heavy (non-hydrogen) atoms. The number of hydrogen-bond donors (Lipinski definition) is 1. The van der Waals surface area contributed by atoms with Crippen LogP contribution in [0.15, 0.2) is 0 Å². The Hall–Kier alpha value is -0.0800. The first-order chi connectivity index (χ1) is 7.05. The molecule has 0 aromatic rings. The third-order valence-electron chi connectivity index (χ3n) is 4.12. The summed E-state index contributed by atoms with van der Waals surface area (Å²) in [6, 6.07) is 0. The van der Waals surface area contributed by atoms with E-state index in [1.807, 2.05) is 0 Å². The molecule has 2 nitrogen and oxygen atoms in total. The molecule has 1 saturated heterocycles. The molecule has 1 heterocycles. The van der Waals surface area contributed by atoms with Gasteiger partial charge in [-0.3, -0.25) is 0 Å². The van der Waals surface area contributed by atoms with E-state index in [1.54, 1.807) is 0 Å². The number of nitrogens with two attached hydrogens (primary N) is 1. The Labute approximate surface area is 93.6 Å². The largest absolute Gasteiger partial charge is 0.370 e. The highest BCUT2D eigenvalue weighted by molar-refractivity contribution is 4.95. The summed E-state index contributed by atoms with van der Waals surface area (Å²) in [6.07, 6.45) is 9.22. The van der Waals surface area contributed by atoms with E-state index in [9.17, 15) is 0 Å². The lowest BCUT2D eigenvalue weighted by atomic mass is 9.67. The van der Waals surface area contributed by atoms with Gasteiger partial charge in [0.2, 0.25) is 0 Å². The SMILES string of the molecule is CC1(C)CCCC2(CCCC(CN)O2)C1. The summed E-state index contributed by atoms with van der Waals surface area (Å²) in [7, 11) is 0. The first kappa shape index (κ1) is 11.4. The van der Waals surface area contributed by atoms with Gasteiger partial charge in [-0.05, 0) is 43.9 Å². The lowest BCUT2D eigenvalue weighted by molar-refractivity contribution is -0.160. The third-order valence-corrected chi connectivity index (χ3v) is 4.12. The number of rotatable bonds is 1. The van der Waals surface area contributed by atoms with Crippen LogP contribution < -0.4 is 5.73 Å². The summed E-state index contributed by atoms with van der Waals surface area (Å²) in [5.41, 5.74) is 6.39. The monoisotopic (exact) mass is 211 g/mol. The minimum atomic E-state index is 0.185. The van der Waals surface area contributed by atoms with E-state index in [1.165, 1.54) is 44.9 Å². The Kier molecular flexibility index (Phi) is 3.09. The van der Waals surface area contributed by atoms with Crippen molar-refractivity contribution >= 4 is 0 Å². The Bertz CT molecular complexity index is 223. The van der Waals surface area contributed by atoms with Crippen LogP contribution in [0.25, 0.3) is 0 Å². The van der Waals surface area contributed by atoms with Gasteiger partial charge in [0, 0.05) is 6.54 Å². The third kappa shape index (κ3) is 2.54. The average Bonchev–Trinajstić information content (AvgIpc) is 2.15. The van der Waals surface area contributed by atoms with E-state index in [-0.39, 0.29) is 5.60 Å². The van der Waals surface area contributed by atoms with Crippen LogP contribution in [0, 0.1) is 5.41 Å². The zero-order valence-electron chi connectivity index (χ0n) is 10.2. The first-order valence-corrected chi connectivity index (χ1v) is 6.43. The maximum Gasteiger partial charge on any atom is 0.0704 e. The number of hydrogen-bond acceptors (Lipinski definition) is 2. The van der Waals surface area contributed by atoms with E-state index < -0.39 is 0 Å². The first-order valence-electron chi connectivity index (χ1n) is 6.43. The van der Waals surface area contributed by atoms with E-state index in [0.29, 0.717) is 18.1 Å². The van der Waals surface area contributed by atoms with Gasteiger partial charge in [-0.1, -0.05) is 20.3 Å². The maximum atomic E-state index is 6.27. The highest BCUT2D eigenvalue weighted by atomic mass is 16.5. The molecular formula is C13H25NO. The molecule has 0 aromatic carbocycles. The fraction of sp³-hybridized carbons (Fsp3) is 1.00. The summed E-state index contributed by atoms with van der Waals surface area (Å²) in [5.74, 6) is 0. The van der Waals surface area contributed by atoms with Crippen LogP contribution >= 0.6 is 0 Å².